The molecule has 0 radical (unpaired) electrons. The van der Waals surface area contributed by atoms with E-state index in [2.05, 4.69) is 52.0 Å². The minimum atomic E-state index is 0.0823. The predicted molar refractivity (Wildman–Crippen MR) is 103 cm³/mol. The molecule has 2 aromatic carbocycles. The van der Waals surface area contributed by atoms with Crippen molar-refractivity contribution in [2.45, 2.75) is 13.5 Å². The second kappa shape index (κ2) is 8.02. The first-order chi connectivity index (χ1) is 12.1. The highest BCUT2D eigenvalue weighted by atomic mass is 79.9. The minimum absolute atomic E-state index is 0.0823. The van der Waals surface area contributed by atoms with Crippen molar-refractivity contribution >= 4 is 21.8 Å². The third-order valence-corrected chi connectivity index (χ3v) is 5.33. The van der Waals surface area contributed by atoms with E-state index in [1.54, 1.807) is 7.11 Å². The summed E-state index contributed by atoms with van der Waals surface area (Å²) in [6, 6.07) is 14.0. The summed E-state index contributed by atoms with van der Waals surface area (Å²) >= 11 is 3.45. The molecule has 1 heterocycles. The van der Waals surface area contributed by atoms with Gasteiger partial charge in [0, 0.05) is 38.3 Å². The van der Waals surface area contributed by atoms with E-state index in [4.69, 9.17) is 4.74 Å². The highest BCUT2D eigenvalue weighted by Crippen LogP contribution is 2.26. The van der Waals surface area contributed by atoms with Gasteiger partial charge in [-0.3, -0.25) is 9.69 Å². The van der Waals surface area contributed by atoms with E-state index >= 15 is 0 Å². The predicted octanol–water partition coefficient (Wildman–Crippen LogP) is 3.72. The summed E-state index contributed by atoms with van der Waals surface area (Å²) < 4.78 is 6.03. The molecule has 1 saturated heterocycles. The van der Waals surface area contributed by atoms with Crippen molar-refractivity contribution in [1.29, 1.82) is 0 Å². The molecular formula is C20H23BrN2O2. The van der Waals surface area contributed by atoms with Crippen LogP contribution in [-0.2, 0) is 6.54 Å². The fourth-order valence-corrected chi connectivity index (χ4v) is 3.66. The number of methoxy groups -OCH3 is 1. The number of aryl methyl sites for hydroxylation is 1. The fourth-order valence-electron chi connectivity index (χ4n) is 3.12. The van der Waals surface area contributed by atoms with Gasteiger partial charge in [0.25, 0.3) is 5.91 Å². The summed E-state index contributed by atoms with van der Waals surface area (Å²) in [5.74, 6) is 0.818. The summed E-state index contributed by atoms with van der Waals surface area (Å²) in [5, 5.41) is 0. The van der Waals surface area contributed by atoms with Crippen molar-refractivity contribution in [3.8, 4) is 5.75 Å². The molecule has 1 aliphatic heterocycles. The van der Waals surface area contributed by atoms with Gasteiger partial charge in [0.15, 0.2) is 0 Å². The molecule has 3 rings (SSSR count). The molecule has 1 aliphatic rings. The first-order valence-corrected chi connectivity index (χ1v) is 9.27. The van der Waals surface area contributed by atoms with Gasteiger partial charge in [-0.1, -0.05) is 24.3 Å². The van der Waals surface area contributed by atoms with Crippen molar-refractivity contribution in [1.82, 2.24) is 9.80 Å². The Balaban J connectivity index is 1.59. The topological polar surface area (TPSA) is 32.8 Å². The average molecular weight is 403 g/mol. The van der Waals surface area contributed by atoms with Crippen LogP contribution < -0.4 is 4.74 Å². The second-order valence-corrected chi connectivity index (χ2v) is 7.20. The maximum absolute atomic E-state index is 12.7. The largest absolute Gasteiger partial charge is 0.496 e. The van der Waals surface area contributed by atoms with E-state index in [0.717, 1.165) is 42.9 Å². The highest BCUT2D eigenvalue weighted by molar-refractivity contribution is 9.10. The monoisotopic (exact) mass is 402 g/mol. The third kappa shape index (κ3) is 4.22. The Morgan fingerprint density at radius 3 is 2.48 bits per heavy atom. The minimum Gasteiger partial charge on any atom is -0.496 e. The molecule has 132 valence electrons. The molecule has 0 atom stereocenters. The van der Waals surface area contributed by atoms with Gasteiger partial charge in [-0.05, 0) is 52.2 Å². The number of carbonyl (C=O) groups is 1. The van der Waals surface area contributed by atoms with Gasteiger partial charge >= 0.3 is 0 Å². The standard InChI is InChI=1S/C20H23BrN2O2/c1-15-5-3-4-6-17(15)14-22-9-11-23(12-10-22)20(24)16-7-8-19(25-2)18(21)13-16/h3-8,13H,9-12,14H2,1-2H3. The zero-order valence-electron chi connectivity index (χ0n) is 14.7. The number of rotatable bonds is 4. The number of hydrogen-bond acceptors (Lipinski definition) is 3. The molecule has 0 bridgehead atoms. The first kappa shape index (κ1) is 18.0. The molecule has 0 aromatic heterocycles. The molecule has 1 amide bonds. The van der Waals surface area contributed by atoms with Crippen molar-refractivity contribution in [3.05, 3.63) is 63.6 Å². The molecule has 25 heavy (non-hydrogen) atoms. The maximum atomic E-state index is 12.7. The lowest BCUT2D eigenvalue weighted by Crippen LogP contribution is -2.48. The number of halogens is 1. The molecule has 0 spiro atoms. The summed E-state index contributed by atoms with van der Waals surface area (Å²) in [6.07, 6.45) is 0. The SMILES string of the molecule is COc1ccc(C(=O)N2CCN(Cc3ccccc3C)CC2)cc1Br. The lowest BCUT2D eigenvalue weighted by atomic mass is 10.1. The molecule has 0 N–H and O–H groups in total. The molecular weight excluding hydrogens is 380 g/mol. The Hall–Kier alpha value is -1.85. The van der Waals surface area contributed by atoms with Gasteiger partial charge in [-0.25, -0.2) is 0 Å². The van der Waals surface area contributed by atoms with Gasteiger partial charge in [0.1, 0.15) is 5.75 Å². The Kier molecular flexibility index (Phi) is 5.76. The number of amides is 1. The van der Waals surface area contributed by atoms with Crippen LogP contribution in [0, 0.1) is 6.92 Å². The lowest BCUT2D eigenvalue weighted by Gasteiger charge is -2.35. The van der Waals surface area contributed by atoms with E-state index in [1.165, 1.54) is 11.1 Å². The van der Waals surface area contributed by atoms with Crippen LogP contribution in [0.5, 0.6) is 5.75 Å². The fraction of sp³-hybridized carbons (Fsp3) is 0.350. The van der Waals surface area contributed by atoms with Gasteiger partial charge in [0.05, 0.1) is 11.6 Å². The smallest absolute Gasteiger partial charge is 0.253 e. The summed E-state index contributed by atoms with van der Waals surface area (Å²) in [7, 11) is 1.62. The first-order valence-electron chi connectivity index (χ1n) is 8.48. The van der Waals surface area contributed by atoms with E-state index in [1.807, 2.05) is 23.1 Å². The van der Waals surface area contributed by atoms with Crippen LogP contribution in [0.1, 0.15) is 21.5 Å². The van der Waals surface area contributed by atoms with Crippen LogP contribution in [0.3, 0.4) is 0 Å². The summed E-state index contributed by atoms with van der Waals surface area (Å²) in [5.41, 5.74) is 3.38. The Morgan fingerprint density at radius 2 is 1.84 bits per heavy atom. The van der Waals surface area contributed by atoms with E-state index in [0.29, 0.717) is 5.56 Å². The van der Waals surface area contributed by atoms with Gasteiger partial charge in [-0.15, -0.1) is 0 Å². The molecule has 5 heteroatoms. The second-order valence-electron chi connectivity index (χ2n) is 6.34. The number of hydrogen-bond donors (Lipinski definition) is 0. The number of nitrogens with zero attached hydrogens (tertiary/aromatic N) is 2. The van der Waals surface area contributed by atoms with Crippen LogP contribution in [0.2, 0.25) is 0 Å². The number of carbonyl (C=O) groups excluding carboxylic acids is 1. The third-order valence-electron chi connectivity index (χ3n) is 4.71. The van der Waals surface area contributed by atoms with Crippen LogP contribution >= 0.6 is 15.9 Å². The number of benzene rings is 2. The van der Waals surface area contributed by atoms with E-state index in [-0.39, 0.29) is 5.91 Å². The zero-order valence-corrected chi connectivity index (χ0v) is 16.3. The summed E-state index contributed by atoms with van der Waals surface area (Å²) in [4.78, 5) is 17.1. The van der Waals surface area contributed by atoms with Gasteiger partial charge < -0.3 is 9.64 Å². The van der Waals surface area contributed by atoms with Crippen molar-refractivity contribution in [3.63, 3.8) is 0 Å². The normalized spacial score (nSPS) is 15.2. The van der Waals surface area contributed by atoms with Crippen LogP contribution in [-0.4, -0.2) is 49.0 Å². The molecule has 2 aromatic rings. The van der Waals surface area contributed by atoms with Crippen molar-refractivity contribution < 1.29 is 9.53 Å². The zero-order chi connectivity index (χ0) is 17.8. The Bertz CT molecular complexity index is 755. The van der Waals surface area contributed by atoms with Crippen LogP contribution in [0.15, 0.2) is 46.9 Å². The van der Waals surface area contributed by atoms with Gasteiger partial charge in [0.2, 0.25) is 0 Å². The molecule has 0 unspecified atom stereocenters. The van der Waals surface area contributed by atoms with Crippen LogP contribution in [0.4, 0.5) is 0 Å². The average Bonchev–Trinajstić information content (AvgIpc) is 2.63. The van der Waals surface area contributed by atoms with E-state index in [9.17, 15) is 4.79 Å². The summed E-state index contributed by atoms with van der Waals surface area (Å²) in [6.45, 7) is 6.41. The van der Waals surface area contributed by atoms with Gasteiger partial charge in [-0.2, -0.15) is 0 Å². The highest BCUT2D eigenvalue weighted by Gasteiger charge is 2.23. The molecule has 0 saturated carbocycles. The van der Waals surface area contributed by atoms with Crippen molar-refractivity contribution in [2.24, 2.45) is 0 Å². The Morgan fingerprint density at radius 1 is 1.12 bits per heavy atom. The number of ether oxygens (including phenoxy) is 1. The van der Waals surface area contributed by atoms with Crippen molar-refractivity contribution in [2.75, 3.05) is 33.3 Å². The number of piperazine rings is 1. The van der Waals surface area contributed by atoms with E-state index < -0.39 is 0 Å². The maximum Gasteiger partial charge on any atom is 0.253 e. The molecule has 4 nitrogen and oxygen atoms in total. The Labute approximate surface area is 157 Å². The quantitative estimate of drug-likeness (QED) is 0.780. The molecule has 0 aliphatic carbocycles. The lowest BCUT2D eigenvalue weighted by molar-refractivity contribution is 0.0628. The van der Waals surface area contributed by atoms with Crippen LogP contribution in [0.25, 0.3) is 0 Å². The molecule has 1 fully saturated rings.